The number of ether oxygens (including phenoxy) is 1. The molecular formula is C27H30BBrO. The van der Waals surface area contributed by atoms with Crippen molar-refractivity contribution in [2.24, 2.45) is 0 Å². The van der Waals surface area contributed by atoms with Crippen LogP contribution in [-0.4, -0.2) is 6.71 Å². The van der Waals surface area contributed by atoms with Crippen LogP contribution < -0.4 is 21.1 Å². The van der Waals surface area contributed by atoms with E-state index in [9.17, 15) is 0 Å². The number of hydrogen-bond donors (Lipinski definition) is 0. The molecule has 0 saturated carbocycles. The third-order valence-corrected chi connectivity index (χ3v) is 6.70. The number of fused-ring (bicyclic) bond motifs is 2. The Bertz CT molecular complexity index is 1050. The molecule has 3 aromatic carbocycles. The standard InChI is InChI=1S/C27H30BBrO/c1-16(2)19-13-21(17(3)4)27(22(14-19)18(5)6)28-23-9-7-8-10-25(23)30-26-15-20(29)11-12-24(26)28/h7-18H,1-6H3. The molecule has 0 radical (unpaired) electrons. The lowest BCUT2D eigenvalue weighted by molar-refractivity contribution is 0.487. The summed E-state index contributed by atoms with van der Waals surface area (Å²) in [4.78, 5) is 0. The second-order valence-electron chi connectivity index (χ2n) is 9.33. The largest absolute Gasteiger partial charge is 0.458 e. The van der Waals surface area contributed by atoms with Gasteiger partial charge in [-0.15, -0.1) is 0 Å². The van der Waals surface area contributed by atoms with Gasteiger partial charge in [0.25, 0.3) is 6.71 Å². The molecule has 0 aromatic heterocycles. The molecule has 0 atom stereocenters. The minimum absolute atomic E-state index is 0.175. The summed E-state index contributed by atoms with van der Waals surface area (Å²) < 4.78 is 7.39. The molecule has 1 aliphatic rings. The lowest BCUT2D eigenvalue weighted by Crippen LogP contribution is -2.57. The molecule has 3 aromatic rings. The van der Waals surface area contributed by atoms with Crippen LogP contribution in [0.5, 0.6) is 11.5 Å². The fourth-order valence-electron chi connectivity index (χ4n) is 4.59. The summed E-state index contributed by atoms with van der Waals surface area (Å²) in [7, 11) is 0. The highest BCUT2D eigenvalue weighted by atomic mass is 79.9. The summed E-state index contributed by atoms with van der Waals surface area (Å²) in [6.45, 7) is 14.0. The molecule has 0 fully saturated rings. The zero-order chi connectivity index (χ0) is 21.6. The maximum atomic E-state index is 6.34. The highest BCUT2D eigenvalue weighted by Gasteiger charge is 2.36. The van der Waals surface area contributed by atoms with Gasteiger partial charge >= 0.3 is 0 Å². The van der Waals surface area contributed by atoms with E-state index in [1.54, 1.807) is 0 Å². The highest BCUT2D eigenvalue weighted by Crippen LogP contribution is 2.31. The summed E-state index contributed by atoms with van der Waals surface area (Å²) in [6, 6.07) is 19.9. The molecule has 1 aliphatic heterocycles. The Balaban J connectivity index is 2.08. The number of para-hydroxylation sites is 1. The molecule has 0 amide bonds. The van der Waals surface area contributed by atoms with Crippen molar-refractivity contribution in [3.8, 4) is 11.5 Å². The Morgan fingerprint density at radius 3 is 1.90 bits per heavy atom. The Morgan fingerprint density at radius 2 is 1.30 bits per heavy atom. The summed E-state index contributed by atoms with van der Waals surface area (Å²) in [6.07, 6.45) is 0. The Morgan fingerprint density at radius 1 is 0.700 bits per heavy atom. The first-order chi connectivity index (χ1) is 14.3. The van der Waals surface area contributed by atoms with Crippen molar-refractivity contribution in [3.05, 3.63) is 75.8 Å². The summed E-state index contributed by atoms with van der Waals surface area (Å²) in [5, 5.41) is 0. The van der Waals surface area contributed by atoms with Crippen LogP contribution in [0.25, 0.3) is 0 Å². The Hall–Kier alpha value is -2.00. The van der Waals surface area contributed by atoms with Crippen LogP contribution in [0.4, 0.5) is 0 Å². The lowest BCUT2D eigenvalue weighted by Gasteiger charge is -2.32. The normalized spacial score (nSPS) is 12.9. The van der Waals surface area contributed by atoms with Crippen LogP contribution in [0.15, 0.2) is 59.1 Å². The van der Waals surface area contributed by atoms with E-state index >= 15 is 0 Å². The summed E-state index contributed by atoms with van der Waals surface area (Å²) in [5.74, 6) is 3.32. The molecule has 30 heavy (non-hydrogen) atoms. The Kier molecular flexibility index (Phi) is 5.85. The van der Waals surface area contributed by atoms with Crippen LogP contribution in [-0.2, 0) is 0 Å². The van der Waals surface area contributed by atoms with E-state index in [-0.39, 0.29) is 6.71 Å². The first-order valence-electron chi connectivity index (χ1n) is 11.0. The van der Waals surface area contributed by atoms with Crippen molar-refractivity contribution in [1.82, 2.24) is 0 Å². The fourth-order valence-corrected chi connectivity index (χ4v) is 4.93. The van der Waals surface area contributed by atoms with E-state index in [1.165, 1.54) is 33.1 Å². The van der Waals surface area contributed by atoms with Gasteiger partial charge in [-0.05, 0) is 63.6 Å². The van der Waals surface area contributed by atoms with Crippen LogP contribution in [0.3, 0.4) is 0 Å². The van der Waals surface area contributed by atoms with Gasteiger partial charge in [0, 0.05) is 4.47 Å². The first-order valence-corrected chi connectivity index (χ1v) is 11.8. The van der Waals surface area contributed by atoms with Crippen LogP contribution >= 0.6 is 15.9 Å². The molecule has 0 spiro atoms. The third kappa shape index (κ3) is 3.73. The van der Waals surface area contributed by atoms with Crippen molar-refractivity contribution in [2.45, 2.75) is 59.3 Å². The maximum Gasteiger partial charge on any atom is 0.251 e. The molecule has 0 N–H and O–H groups in total. The topological polar surface area (TPSA) is 9.23 Å². The van der Waals surface area contributed by atoms with E-state index in [4.69, 9.17) is 4.74 Å². The quantitative estimate of drug-likeness (QED) is 0.318. The lowest BCUT2D eigenvalue weighted by atomic mass is 9.34. The third-order valence-electron chi connectivity index (χ3n) is 6.20. The molecule has 154 valence electrons. The zero-order valence-corrected chi connectivity index (χ0v) is 20.4. The highest BCUT2D eigenvalue weighted by molar-refractivity contribution is 9.10. The van der Waals surface area contributed by atoms with E-state index in [0.29, 0.717) is 17.8 Å². The van der Waals surface area contributed by atoms with Gasteiger partial charge in [0.2, 0.25) is 0 Å². The smallest absolute Gasteiger partial charge is 0.251 e. The van der Waals surface area contributed by atoms with E-state index < -0.39 is 0 Å². The number of halogens is 1. The average Bonchev–Trinajstić information content (AvgIpc) is 2.70. The molecule has 0 bridgehead atoms. The number of benzene rings is 3. The van der Waals surface area contributed by atoms with Gasteiger partial charge in [0.15, 0.2) is 0 Å². The summed E-state index contributed by atoms with van der Waals surface area (Å²) in [5.41, 5.74) is 8.32. The van der Waals surface area contributed by atoms with E-state index in [0.717, 1.165) is 16.0 Å². The first kappa shape index (κ1) is 21.2. The maximum absolute atomic E-state index is 6.34. The van der Waals surface area contributed by atoms with Gasteiger partial charge in [-0.3, -0.25) is 0 Å². The molecular weight excluding hydrogens is 431 g/mol. The molecule has 0 unspecified atom stereocenters. The van der Waals surface area contributed by atoms with E-state index in [1.807, 2.05) is 0 Å². The predicted octanol–water partition coefficient (Wildman–Crippen LogP) is 6.44. The van der Waals surface area contributed by atoms with Crippen molar-refractivity contribution in [2.75, 3.05) is 0 Å². The van der Waals surface area contributed by atoms with Crippen LogP contribution in [0.1, 0.15) is 76.0 Å². The predicted molar refractivity (Wildman–Crippen MR) is 134 cm³/mol. The molecule has 4 rings (SSSR count). The SMILES string of the molecule is CC(C)c1cc(C(C)C)c(B2c3ccccc3Oc3cc(Br)ccc32)c(C(C)C)c1. The van der Waals surface area contributed by atoms with Crippen molar-refractivity contribution < 1.29 is 4.74 Å². The average molecular weight is 461 g/mol. The van der Waals surface area contributed by atoms with Crippen LogP contribution in [0.2, 0.25) is 0 Å². The van der Waals surface area contributed by atoms with Gasteiger partial charge in [-0.25, -0.2) is 0 Å². The fraction of sp³-hybridized carbons (Fsp3) is 0.333. The molecule has 3 heteroatoms. The summed E-state index contributed by atoms with van der Waals surface area (Å²) >= 11 is 3.63. The molecule has 1 nitrogen and oxygen atoms in total. The van der Waals surface area contributed by atoms with E-state index in [2.05, 4.69) is 112 Å². The monoisotopic (exact) mass is 460 g/mol. The minimum Gasteiger partial charge on any atom is -0.458 e. The zero-order valence-electron chi connectivity index (χ0n) is 18.8. The molecule has 0 saturated heterocycles. The second kappa shape index (κ2) is 8.27. The van der Waals surface area contributed by atoms with Gasteiger partial charge in [-0.1, -0.05) is 99.3 Å². The minimum atomic E-state index is 0.175. The van der Waals surface area contributed by atoms with Gasteiger partial charge in [0.05, 0.1) is 0 Å². The van der Waals surface area contributed by atoms with Crippen molar-refractivity contribution in [1.29, 1.82) is 0 Å². The second-order valence-corrected chi connectivity index (χ2v) is 10.2. The Labute approximate surface area is 190 Å². The van der Waals surface area contributed by atoms with Gasteiger partial charge in [0.1, 0.15) is 11.5 Å². The number of rotatable bonds is 4. The molecule has 0 aliphatic carbocycles. The van der Waals surface area contributed by atoms with Crippen LogP contribution in [0, 0.1) is 0 Å². The van der Waals surface area contributed by atoms with Gasteiger partial charge in [-0.2, -0.15) is 0 Å². The van der Waals surface area contributed by atoms with Crippen molar-refractivity contribution >= 4 is 39.0 Å². The van der Waals surface area contributed by atoms with Crippen molar-refractivity contribution in [3.63, 3.8) is 0 Å². The number of hydrogen-bond acceptors (Lipinski definition) is 1. The van der Waals surface area contributed by atoms with Gasteiger partial charge < -0.3 is 4.74 Å². The molecule has 1 heterocycles.